The fourth-order valence-corrected chi connectivity index (χ4v) is 3.83. The predicted molar refractivity (Wildman–Crippen MR) is 78.8 cm³/mol. The topological polar surface area (TPSA) is 15.3 Å². The Morgan fingerprint density at radius 3 is 2.33 bits per heavy atom. The van der Waals surface area contributed by atoms with Gasteiger partial charge >= 0.3 is 0 Å². The van der Waals surface area contributed by atoms with Crippen molar-refractivity contribution >= 4 is 0 Å². The minimum absolute atomic E-state index is 0.276. The molecule has 2 fully saturated rings. The minimum Gasteiger partial charge on any atom is -0.309 e. The Hall–Kier alpha value is -0.0800. The largest absolute Gasteiger partial charge is 0.309 e. The molecular formula is C16H32N2. The monoisotopic (exact) mass is 252 g/mol. The number of hydrogen-bond donors (Lipinski definition) is 1. The molecule has 2 aliphatic rings. The third-order valence-corrected chi connectivity index (χ3v) is 4.97. The third kappa shape index (κ3) is 3.08. The third-order valence-electron chi connectivity index (χ3n) is 4.97. The Morgan fingerprint density at radius 2 is 1.83 bits per heavy atom. The van der Waals surface area contributed by atoms with E-state index in [1.165, 1.54) is 25.8 Å². The van der Waals surface area contributed by atoms with Crippen LogP contribution in [0.15, 0.2) is 0 Å². The molecule has 0 aromatic heterocycles. The molecule has 2 atom stereocenters. The molecule has 1 aliphatic carbocycles. The van der Waals surface area contributed by atoms with Crippen molar-refractivity contribution in [2.24, 2.45) is 11.3 Å². The fourth-order valence-electron chi connectivity index (χ4n) is 3.83. The average molecular weight is 252 g/mol. The van der Waals surface area contributed by atoms with Gasteiger partial charge in [-0.15, -0.1) is 0 Å². The van der Waals surface area contributed by atoms with Crippen molar-refractivity contribution < 1.29 is 0 Å². The molecule has 2 rings (SSSR count). The zero-order valence-electron chi connectivity index (χ0n) is 13.2. The van der Waals surface area contributed by atoms with Crippen molar-refractivity contribution in [3.05, 3.63) is 0 Å². The molecule has 0 bridgehead atoms. The highest BCUT2D eigenvalue weighted by Crippen LogP contribution is 2.41. The number of nitrogens with one attached hydrogen (secondary N) is 1. The summed E-state index contributed by atoms with van der Waals surface area (Å²) in [7, 11) is 0. The second-order valence-electron chi connectivity index (χ2n) is 8.31. The van der Waals surface area contributed by atoms with Gasteiger partial charge < -0.3 is 5.32 Å². The van der Waals surface area contributed by atoms with Crippen LogP contribution in [0.2, 0.25) is 0 Å². The highest BCUT2D eigenvalue weighted by atomic mass is 15.3. The molecule has 0 aromatic carbocycles. The number of piperazine rings is 1. The molecule has 2 nitrogen and oxygen atoms in total. The van der Waals surface area contributed by atoms with E-state index in [0.717, 1.165) is 24.5 Å². The van der Waals surface area contributed by atoms with Crippen LogP contribution in [0.25, 0.3) is 0 Å². The van der Waals surface area contributed by atoms with Gasteiger partial charge in [0.25, 0.3) is 0 Å². The molecule has 0 radical (unpaired) electrons. The maximum atomic E-state index is 3.72. The Bertz CT molecular complexity index is 293. The van der Waals surface area contributed by atoms with E-state index < -0.39 is 0 Å². The normalized spacial score (nSPS) is 36.2. The molecule has 1 heterocycles. The van der Waals surface area contributed by atoms with E-state index in [0.29, 0.717) is 5.41 Å². The predicted octanol–water partition coefficient (Wildman–Crippen LogP) is 3.27. The molecule has 1 saturated carbocycles. The van der Waals surface area contributed by atoms with Gasteiger partial charge in [-0.3, -0.25) is 4.90 Å². The minimum atomic E-state index is 0.276. The second kappa shape index (κ2) is 4.79. The first-order valence-electron chi connectivity index (χ1n) is 7.71. The summed E-state index contributed by atoms with van der Waals surface area (Å²) in [6.07, 6.45) is 4.17. The van der Waals surface area contributed by atoms with Gasteiger partial charge in [-0.1, -0.05) is 27.7 Å². The second-order valence-corrected chi connectivity index (χ2v) is 8.31. The van der Waals surface area contributed by atoms with Crippen LogP contribution in [0, 0.1) is 11.3 Å². The lowest BCUT2D eigenvalue weighted by Crippen LogP contribution is -2.64. The zero-order valence-corrected chi connectivity index (χ0v) is 13.2. The lowest BCUT2D eigenvalue weighted by Gasteiger charge is -2.49. The fraction of sp³-hybridized carbons (Fsp3) is 1.00. The molecule has 0 amide bonds. The summed E-state index contributed by atoms with van der Waals surface area (Å²) in [6.45, 7) is 16.7. The van der Waals surface area contributed by atoms with E-state index in [1.54, 1.807) is 0 Å². The number of rotatable bonds is 2. The van der Waals surface area contributed by atoms with Gasteiger partial charge in [0.05, 0.1) is 0 Å². The van der Waals surface area contributed by atoms with Gasteiger partial charge in [0.15, 0.2) is 0 Å². The molecular weight excluding hydrogens is 220 g/mol. The molecule has 0 spiro atoms. The smallest absolute Gasteiger partial charge is 0.0253 e. The molecule has 1 N–H and O–H groups in total. The summed E-state index contributed by atoms with van der Waals surface area (Å²) in [5, 5.41) is 3.72. The van der Waals surface area contributed by atoms with Crippen LogP contribution in [0.1, 0.15) is 60.8 Å². The molecule has 18 heavy (non-hydrogen) atoms. The molecule has 1 aliphatic heterocycles. The maximum absolute atomic E-state index is 3.72. The Morgan fingerprint density at radius 1 is 1.17 bits per heavy atom. The van der Waals surface area contributed by atoms with Gasteiger partial charge in [0.2, 0.25) is 0 Å². The Kier molecular flexibility index (Phi) is 3.81. The van der Waals surface area contributed by atoms with Crippen LogP contribution in [-0.2, 0) is 0 Å². The van der Waals surface area contributed by atoms with Crippen molar-refractivity contribution in [2.45, 2.75) is 78.4 Å². The van der Waals surface area contributed by atoms with E-state index in [4.69, 9.17) is 0 Å². The first-order chi connectivity index (χ1) is 8.20. The van der Waals surface area contributed by atoms with E-state index in [-0.39, 0.29) is 5.54 Å². The lowest BCUT2D eigenvalue weighted by molar-refractivity contribution is 0.0303. The van der Waals surface area contributed by atoms with Crippen LogP contribution in [-0.4, -0.2) is 35.6 Å². The van der Waals surface area contributed by atoms with Gasteiger partial charge in [-0.2, -0.15) is 0 Å². The van der Waals surface area contributed by atoms with Crippen LogP contribution in [0.5, 0.6) is 0 Å². The summed E-state index contributed by atoms with van der Waals surface area (Å²) in [5.74, 6) is 0.748. The van der Waals surface area contributed by atoms with E-state index in [1.807, 2.05) is 0 Å². The first-order valence-corrected chi connectivity index (χ1v) is 7.71. The lowest BCUT2D eigenvalue weighted by atomic mass is 9.89. The van der Waals surface area contributed by atoms with Crippen LogP contribution in [0.4, 0.5) is 0 Å². The summed E-state index contributed by atoms with van der Waals surface area (Å²) >= 11 is 0. The highest BCUT2D eigenvalue weighted by molar-refractivity contribution is 4.99. The highest BCUT2D eigenvalue weighted by Gasteiger charge is 2.42. The number of nitrogens with zero attached hydrogens (tertiary/aromatic N) is 1. The van der Waals surface area contributed by atoms with E-state index in [9.17, 15) is 0 Å². The van der Waals surface area contributed by atoms with E-state index >= 15 is 0 Å². The zero-order chi connectivity index (χ0) is 13.6. The molecule has 2 unspecified atom stereocenters. The van der Waals surface area contributed by atoms with Crippen molar-refractivity contribution in [3.63, 3.8) is 0 Å². The quantitative estimate of drug-likeness (QED) is 0.811. The van der Waals surface area contributed by atoms with E-state index in [2.05, 4.69) is 51.8 Å². The number of hydrogen-bond acceptors (Lipinski definition) is 2. The van der Waals surface area contributed by atoms with Crippen LogP contribution < -0.4 is 5.32 Å². The van der Waals surface area contributed by atoms with Gasteiger partial charge in [-0.05, 0) is 44.4 Å². The Labute approximate surface area is 114 Å². The van der Waals surface area contributed by atoms with Gasteiger partial charge in [0, 0.05) is 30.7 Å². The van der Waals surface area contributed by atoms with Crippen molar-refractivity contribution in [2.75, 3.05) is 13.1 Å². The molecule has 0 aromatic rings. The first kappa shape index (κ1) is 14.3. The maximum Gasteiger partial charge on any atom is 0.0253 e. The SMILES string of the molecule is CC(C)C1CNC(C)(C)CN1C1CCC(C)(C)C1. The summed E-state index contributed by atoms with van der Waals surface area (Å²) in [4.78, 5) is 2.83. The summed E-state index contributed by atoms with van der Waals surface area (Å²) in [5.41, 5.74) is 0.833. The molecule has 1 saturated heterocycles. The van der Waals surface area contributed by atoms with Crippen molar-refractivity contribution in [1.82, 2.24) is 10.2 Å². The van der Waals surface area contributed by atoms with Crippen molar-refractivity contribution in [1.29, 1.82) is 0 Å². The standard InChI is InChI=1S/C16H32N2/c1-12(2)14-10-17-16(5,6)11-18(14)13-7-8-15(3,4)9-13/h12-14,17H,7-11H2,1-6H3. The van der Waals surface area contributed by atoms with Crippen molar-refractivity contribution in [3.8, 4) is 0 Å². The van der Waals surface area contributed by atoms with Gasteiger partial charge in [0.1, 0.15) is 0 Å². The summed E-state index contributed by atoms with van der Waals surface area (Å²) in [6, 6.07) is 1.53. The molecule has 2 heteroatoms. The average Bonchev–Trinajstić information content (AvgIpc) is 2.57. The van der Waals surface area contributed by atoms with Crippen LogP contribution in [0.3, 0.4) is 0 Å². The summed E-state index contributed by atoms with van der Waals surface area (Å²) < 4.78 is 0. The van der Waals surface area contributed by atoms with Gasteiger partial charge in [-0.25, -0.2) is 0 Å². The molecule has 106 valence electrons. The van der Waals surface area contributed by atoms with Crippen LogP contribution >= 0.6 is 0 Å². The Balaban J connectivity index is 2.11.